The monoisotopic (exact) mass is 149 g/mol. The normalized spacial score (nSPS) is 18.8. The van der Waals surface area contributed by atoms with E-state index in [1.165, 1.54) is 0 Å². The van der Waals surface area contributed by atoms with Gasteiger partial charge in [-0.15, -0.1) is 0 Å². The van der Waals surface area contributed by atoms with E-state index < -0.39 is 0 Å². The van der Waals surface area contributed by atoms with E-state index in [1.807, 2.05) is 0 Å². The number of rotatable bonds is 2. The quantitative estimate of drug-likeness (QED) is 0.442. The maximum absolute atomic E-state index is 10.7. The third-order valence-corrected chi connectivity index (χ3v) is 1.42. The molecule has 9 heavy (non-hydrogen) atoms. The number of halogens is 1. The number of hydrogen-bond donors (Lipinski definition) is 1. The molecule has 0 aliphatic carbocycles. The van der Waals surface area contributed by atoms with E-state index in [0.29, 0.717) is 0 Å². The number of alkyl halides is 1. The molecule has 1 fully saturated rings. The number of esters is 1. The molecule has 3 nitrogen and oxygen atoms in total. The summed E-state index contributed by atoms with van der Waals surface area (Å²) in [6.45, 7) is 1.46. The van der Waals surface area contributed by atoms with Crippen molar-refractivity contribution >= 4 is 17.6 Å². The highest BCUT2D eigenvalue weighted by Gasteiger charge is 2.25. The molecule has 0 saturated carbocycles. The summed E-state index contributed by atoms with van der Waals surface area (Å²) in [6, 6.07) is -0.0324. The van der Waals surface area contributed by atoms with Crippen LogP contribution < -0.4 is 5.32 Å². The molecule has 0 spiro atoms. The lowest BCUT2D eigenvalue weighted by Crippen LogP contribution is -2.47. The first kappa shape index (κ1) is 6.83. The predicted molar refractivity (Wildman–Crippen MR) is 33.2 cm³/mol. The molecule has 4 heteroatoms. The van der Waals surface area contributed by atoms with E-state index in [9.17, 15) is 4.79 Å². The highest BCUT2D eigenvalue weighted by atomic mass is 35.5. The van der Waals surface area contributed by atoms with Gasteiger partial charge in [0.05, 0.1) is 5.92 Å². The number of carbonyl (C=O) groups excluding carboxylic acids is 1. The first-order chi connectivity index (χ1) is 4.34. The Morgan fingerprint density at radius 2 is 2.44 bits per heavy atom. The topological polar surface area (TPSA) is 38.3 Å². The van der Waals surface area contributed by atoms with Crippen LogP contribution in [0.25, 0.3) is 0 Å². The summed E-state index contributed by atoms with van der Waals surface area (Å²) in [6.07, 6.45) is 0. The van der Waals surface area contributed by atoms with Crippen LogP contribution >= 0.6 is 11.6 Å². The van der Waals surface area contributed by atoms with Crippen molar-refractivity contribution in [2.24, 2.45) is 5.92 Å². The highest BCUT2D eigenvalue weighted by molar-refractivity contribution is 6.17. The lowest BCUT2D eigenvalue weighted by Gasteiger charge is -2.24. The van der Waals surface area contributed by atoms with Crippen LogP contribution in [-0.2, 0) is 9.53 Å². The Hall–Kier alpha value is -0.280. The van der Waals surface area contributed by atoms with E-state index in [-0.39, 0.29) is 18.0 Å². The van der Waals surface area contributed by atoms with Crippen LogP contribution in [0.3, 0.4) is 0 Å². The zero-order valence-corrected chi connectivity index (χ0v) is 5.65. The summed E-state index contributed by atoms with van der Waals surface area (Å²) in [5, 5.41) is 2.96. The molecule has 0 aromatic rings. The Balaban J connectivity index is 2.16. The summed E-state index contributed by atoms with van der Waals surface area (Å²) in [7, 11) is 0. The molecule has 1 rings (SSSR count). The summed E-state index contributed by atoms with van der Waals surface area (Å²) in [4.78, 5) is 10.7. The van der Waals surface area contributed by atoms with E-state index in [4.69, 9.17) is 11.6 Å². The van der Waals surface area contributed by atoms with Crippen molar-refractivity contribution in [1.29, 1.82) is 0 Å². The Morgan fingerprint density at radius 1 is 1.78 bits per heavy atom. The molecular weight excluding hydrogens is 142 g/mol. The lowest BCUT2D eigenvalue weighted by atomic mass is 10.0. The standard InChI is InChI=1S/C5H8ClNO2/c6-3-9-5(8)4-1-7-2-4/h4,7H,1-3H2. The van der Waals surface area contributed by atoms with Gasteiger partial charge in [-0.1, -0.05) is 11.6 Å². The fourth-order valence-corrected chi connectivity index (χ4v) is 0.734. The van der Waals surface area contributed by atoms with Crippen molar-refractivity contribution in [3.05, 3.63) is 0 Å². The zero-order valence-electron chi connectivity index (χ0n) is 4.89. The Morgan fingerprint density at radius 3 is 2.78 bits per heavy atom. The zero-order chi connectivity index (χ0) is 6.69. The second kappa shape index (κ2) is 3.03. The van der Waals surface area contributed by atoms with Crippen molar-refractivity contribution in [2.75, 3.05) is 19.2 Å². The van der Waals surface area contributed by atoms with Crippen LogP contribution in [0.1, 0.15) is 0 Å². The third kappa shape index (κ3) is 1.56. The van der Waals surface area contributed by atoms with Gasteiger partial charge < -0.3 is 10.1 Å². The van der Waals surface area contributed by atoms with E-state index in [2.05, 4.69) is 10.1 Å². The van der Waals surface area contributed by atoms with Crippen molar-refractivity contribution in [2.45, 2.75) is 0 Å². The second-order valence-electron chi connectivity index (χ2n) is 1.93. The van der Waals surface area contributed by atoms with Gasteiger partial charge in [0, 0.05) is 13.1 Å². The van der Waals surface area contributed by atoms with Gasteiger partial charge in [-0.05, 0) is 0 Å². The van der Waals surface area contributed by atoms with Gasteiger partial charge in [-0.3, -0.25) is 4.79 Å². The molecule has 1 heterocycles. The minimum Gasteiger partial charge on any atom is -0.449 e. The first-order valence-electron chi connectivity index (χ1n) is 2.78. The summed E-state index contributed by atoms with van der Waals surface area (Å²) in [5.74, 6) is -0.146. The molecule has 0 bridgehead atoms. The fraction of sp³-hybridized carbons (Fsp3) is 0.800. The first-order valence-corrected chi connectivity index (χ1v) is 3.31. The second-order valence-corrected chi connectivity index (χ2v) is 2.15. The van der Waals surface area contributed by atoms with Crippen LogP contribution in [-0.4, -0.2) is 25.1 Å². The minimum atomic E-state index is -0.191. The molecule has 1 aliphatic heterocycles. The SMILES string of the molecule is O=C(OCCl)C1CNC1. The van der Waals surface area contributed by atoms with E-state index in [0.717, 1.165) is 13.1 Å². The summed E-state index contributed by atoms with van der Waals surface area (Å²) in [5.41, 5.74) is 0. The van der Waals surface area contributed by atoms with Crippen molar-refractivity contribution in [3.8, 4) is 0 Å². The molecule has 0 atom stereocenters. The van der Waals surface area contributed by atoms with Gasteiger partial charge in [-0.25, -0.2) is 0 Å². The number of carbonyl (C=O) groups is 1. The van der Waals surface area contributed by atoms with Crippen LogP contribution in [0.4, 0.5) is 0 Å². The van der Waals surface area contributed by atoms with Crippen LogP contribution in [0.5, 0.6) is 0 Å². The van der Waals surface area contributed by atoms with Crippen molar-refractivity contribution in [1.82, 2.24) is 5.32 Å². The largest absolute Gasteiger partial charge is 0.449 e. The molecule has 1 saturated heterocycles. The minimum absolute atomic E-state index is 0.0324. The van der Waals surface area contributed by atoms with Crippen molar-refractivity contribution < 1.29 is 9.53 Å². The van der Waals surface area contributed by atoms with Crippen LogP contribution in [0.15, 0.2) is 0 Å². The van der Waals surface area contributed by atoms with E-state index in [1.54, 1.807) is 0 Å². The molecule has 52 valence electrons. The number of hydrogen-bond acceptors (Lipinski definition) is 3. The molecule has 1 aliphatic rings. The van der Waals surface area contributed by atoms with Crippen molar-refractivity contribution in [3.63, 3.8) is 0 Å². The Kier molecular flexibility index (Phi) is 2.30. The van der Waals surface area contributed by atoms with E-state index >= 15 is 0 Å². The average Bonchev–Trinajstić information content (AvgIpc) is 1.60. The average molecular weight is 150 g/mol. The third-order valence-electron chi connectivity index (χ3n) is 1.31. The molecule has 1 N–H and O–H groups in total. The van der Waals surface area contributed by atoms with Gasteiger partial charge >= 0.3 is 5.97 Å². The van der Waals surface area contributed by atoms with Gasteiger partial charge in [0.25, 0.3) is 0 Å². The maximum Gasteiger partial charge on any atom is 0.312 e. The maximum atomic E-state index is 10.7. The summed E-state index contributed by atoms with van der Waals surface area (Å²) < 4.78 is 4.53. The number of ether oxygens (including phenoxy) is 1. The van der Waals surface area contributed by atoms with Gasteiger partial charge in [0.1, 0.15) is 0 Å². The molecule has 0 radical (unpaired) electrons. The number of nitrogens with one attached hydrogen (secondary N) is 1. The Labute approximate surface area is 58.3 Å². The van der Waals surface area contributed by atoms with Gasteiger partial charge in [0.2, 0.25) is 0 Å². The van der Waals surface area contributed by atoms with Crippen LogP contribution in [0.2, 0.25) is 0 Å². The smallest absolute Gasteiger partial charge is 0.312 e. The molecular formula is C5H8ClNO2. The molecule has 0 amide bonds. The summed E-state index contributed by atoms with van der Waals surface area (Å²) >= 11 is 5.16. The molecule has 0 aromatic heterocycles. The van der Waals surface area contributed by atoms with Gasteiger partial charge in [0.15, 0.2) is 6.07 Å². The molecule has 0 aromatic carbocycles. The van der Waals surface area contributed by atoms with Crippen LogP contribution in [0, 0.1) is 5.92 Å². The predicted octanol–water partition coefficient (Wildman–Crippen LogP) is -0.0547. The highest BCUT2D eigenvalue weighted by Crippen LogP contribution is 2.04. The Bertz CT molecular complexity index is 114. The molecule has 0 unspecified atom stereocenters. The lowest BCUT2D eigenvalue weighted by molar-refractivity contribution is -0.148. The fourth-order valence-electron chi connectivity index (χ4n) is 0.627. The van der Waals surface area contributed by atoms with Gasteiger partial charge in [-0.2, -0.15) is 0 Å².